The lowest BCUT2D eigenvalue weighted by Gasteiger charge is -2.60. The van der Waals surface area contributed by atoms with E-state index in [1.807, 2.05) is 0 Å². The van der Waals surface area contributed by atoms with Gasteiger partial charge < -0.3 is 0 Å². The largest absolute Gasteiger partial charge is 0.351 e. The minimum absolute atomic E-state index is 0.155. The number of rotatable bonds is 2. The second-order valence-electron chi connectivity index (χ2n) is 5.32. The van der Waals surface area contributed by atoms with Crippen LogP contribution in [-0.2, 0) is 0 Å². The summed E-state index contributed by atoms with van der Waals surface area (Å²) in [5.41, 5.74) is 0.420. The molecule has 0 aromatic heterocycles. The van der Waals surface area contributed by atoms with E-state index >= 15 is 0 Å². The Morgan fingerprint density at radius 3 is 2.46 bits per heavy atom. The maximum atomic E-state index is 5.85. The van der Waals surface area contributed by atoms with Gasteiger partial charge in [0.1, 0.15) is 0 Å². The van der Waals surface area contributed by atoms with Crippen LogP contribution in [0.5, 0.6) is 0 Å². The highest BCUT2D eigenvalue weighted by atomic mass is 35.5. The van der Waals surface area contributed by atoms with Crippen LogP contribution in [-0.4, -0.2) is 5.54 Å². The predicted octanol–water partition coefficient (Wildman–Crippen LogP) is 4.02. The average Bonchev–Trinajstić information content (AvgIpc) is 2.03. The zero-order chi connectivity index (χ0) is 9.64. The number of halogens is 2. The minimum Gasteiger partial charge on any atom is -0.172 e. The summed E-state index contributed by atoms with van der Waals surface area (Å²) in [4.78, 5) is 0. The van der Waals surface area contributed by atoms with E-state index in [9.17, 15) is 0 Å². The van der Waals surface area contributed by atoms with Gasteiger partial charge in [0.15, 0.2) is 0 Å². The van der Waals surface area contributed by atoms with Crippen LogP contribution >= 0.6 is 22.9 Å². The summed E-state index contributed by atoms with van der Waals surface area (Å²) in [5.74, 6) is 2.67. The van der Waals surface area contributed by atoms with E-state index in [0.717, 1.165) is 24.1 Å². The van der Waals surface area contributed by atoms with Crippen LogP contribution in [0.2, 0.25) is 6.32 Å². The molecule has 0 amide bonds. The first kappa shape index (κ1) is 10.2. The van der Waals surface area contributed by atoms with Gasteiger partial charge in [-0.3, -0.25) is 0 Å². The van der Waals surface area contributed by atoms with Crippen molar-refractivity contribution in [1.29, 1.82) is 0 Å². The Bertz CT molecular complexity index is 201. The van der Waals surface area contributed by atoms with E-state index < -0.39 is 0 Å². The molecule has 0 nitrogen and oxygen atoms in total. The third-order valence-electron chi connectivity index (χ3n) is 4.48. The molecule has 0 spiro atoms. The van der Waals surface area contributed by atoms with Gasteiger partial charge in [0.05, 0.1) is 0 Å². The van der Waals surface area contributed by atoms with E-state index in [1.54, 1.807) is 0 Å². The van der Waals surface area contributed by atoms with Gasteiger partial charge in [0, 0.05) is 0 Å². The van der Waals surface area contributed by atoms with Crippen LogP contribution in [0.25, 0.3) is 0 Å². The molecule has 0 unspecified atom stereocenters. The molecule has 0 aliphatic heterocycles. The normalized spacial score (nSPS) is 41.1. The van der Waals surface area contributed by atoms with Crippen LogP contribution in [0.4, 0.5) is 0 Å². The van der Waals surface area contributed by atoms with Gasteiger partial charge in [-0.1, -0.05) is 20.3 Å². The Hall–Kier alpha value is 0.645. The fourth-order valence-electron chi connectivity index (χ4n) is 3.47. The van der Waals surface area contributed by atoms with E-state index in [2.05, 4.69) is 13.8 Å². The van der Waals surface area contributed by atoms with Crippen molar-refractivity contribution in [2.24, 2.45) is 23.2 Å². The monoisotopic (exact) mass is 218 g/mol. The van der Waals surface area contributed by atoms with Gasteiger partial charge >= 0.3 is 5.54 Å². The molecule has 0 heterocycles. The van der Waals surface area contributed by atoms with Crippen molar-refractivity contribution in [3.05, 3.63) is 0 Å². The zero-order valence-electron chi connectivity index (χ0n) is 8.39. The highest BCUT2D eigenvalue weighted by Gasteiger charge is 2.54. The first-order valence-corrected chi connectivity index (χ1v) is 6.17. The highest BCUT2D eigenvalue weighted by Crippen LogP contribution is 2.62. The lowest BCUT2D eigenvalue weighted by Crippen LogP contribution is -2.52. The number of fused-ring (bicyclic) bond motifs is 2. The fraction of sp³-hybridized carbons (Fsp3) is 1.00. The summed E-state index contributed by atoms with van der Waals surface area (Å²) in [6.07, 6.45) is 5.19. The Kier molecular flexibility index (Phi) is 2.62. The maximum absolute atomic E-state index is 5.85. The van der Waals surface area contributed by atoms with E-state index in [-0.39, 0.29) is 5.54 Å². The number of hydrogen-bond acceptors (Lipinski definition) is 0. The van der Waals surface area contributed by atoms with Crippen LogP contribution in [0.3, 0.4) is 0 Å². The van der Waals surface area contributed by atoms with Crippen molar-refractivity contribution in [2.75, 3.05) is 0 Å². The van der Waals surface area contributed by atoms with Crippen molar-refractivity contribution < 1.29 is 0 Å². The van der Waals surface area contributed by atoms with Crippen LogP contribution in [0.15, 0.2) is 0 Å². The lowest BCUT2D eigenvalue weighted by atomic mass is 9.44. The molecule has 3 heteroatoms. The second kappa shape index (κ2) is 3.34. The molecule has 0 aromatic carbocycles. The Morgan fingerprint density at radius 2 is 2.00 bits per heavy atom. The van der Waals surface area contributed by atoms with E-state index in [1.165, 1.54) is 19.3 Å². The molecule has 2 bridgehead atoms. The smallest absolute Gasteiger partial charge is 0.172 e. The molecule has 3 rings (SSSR count). The molecular formula is C10H17BCl2. The van der Waals surface area contributed by atoms with Gasteiger partial charge in [0.25, 0.3) is 0 Å². The molecule has 0 radical (unpaired) electrons. The molecule has 3 saturated carbocycles. The van der Waals surface area contributed by atoms with Gasteiger partial charge in [0.2, 0.25) is 0 Å². The SMILES string of the molecule is CC1(C)[C@H]2CC[C@@H](CB(Cl)Cl)[C@@H]1C2. The molecule has 3 fully saturated rings. The van der Waals surface area contributed by atoms with E-state index in [0.29, 0.717) is 5.41 Å². The average molecular weight is 219 g/mol. The Balaban J connectivity index is 1.99. The zero-order valence-corrected chi connectivity index (χ0v) is 9.91. The first-order chi connectivity index (χ1) is 6.01. The van der Waals surface area contributed by atoms with Gasteiger partial charge in [-0.15, -0.1) is 0 Å². The molecule has 13 heavy (non-hydrogen) atoms. The summed E-state index contributed by atoms with van der Waals surface area (Å²) < 4.78 is 0. The van der Waals surface area contributed by atoms with Gasteiger partial charge in [-0.2, -0.15) is 22.9 Å². The summed E-state index contributed by atoms with van der Waals surface area (Å²) in [6.45, 7) is 4.82. The third-order valence-corrected chi connectivity index (χ3v) is 4.84. The molecule has 3 atom stereocenters. The molecule has 0 aromatic rings. The number of hydrogen-bond donors (Lipinski definition) is 0. The molecule has 3 aliphatic rings. The summed E-state index contributed by atoms with van der Waals surface area (Å²) in [5, 5.41) is 0. The molecular weight excluding hydrogens is 202 g/mol. The summed E-state index contributed by atoms with van der Waals surface area (Å²) in [7, 11) is 0. The standard InChI is InChI=1S/C10H17BCl2/c1-10(2)8-4-3-7(6-11(12)13)9(10)5-8/h7-9H,3-6H2,1-2H3/t7-,8-,9-/m0/s1. The topological polar surface area (TPSA) is 0 Å². The summed E-state index contributed by atoms with van der Waals surface area (Å²) >= 11 is 11.7. The third kappa shape index (κ3) is 1.63. The first-order valence-electron chi connectivity index (χ1n) is 5.30. The van der Waals surface area contributed by atoms with Crippen molar-refractivity contribution in [2.45, 2.75) is 39.4 Å². The van der Waals surface area contributed by atoms with Crippen molar-refractivity contribution in [3.63, 3.8) is 0 Å². The van der Waals surface area contributed by atoms with Crippen molar-refractivity contribution in [1.82, 2.24) is 0 Å². The second-order valence-corrected chi connectivity index (χ2v) is 6.60. The fourth-order valence-corrected chi connectivity index (χ4v) is 3.93. The molecule has 3 aliphatic carbocycles. The van der Waals surface area contributed by atoms with Crippen LogP contribution in [0.1, 0.15) is 33.1 Å². The minimum atomic E-state index is -0.155. The summed E-state index contributed by atoms with van der Waals surface area (Å²) in [6, 6.07) is 0. The Labute approximate surface area is 91.3 Å². The van der Waals surface area contributed by atoms with E-state index in [4.69, 9.17) is 22.9 Å². The van der Waals surface area contributed by atoms with Crippen LogP contribution in [0, 0.1) is 23.2 Å². The van der Waals surface area contributed by atoms with Crippen molar-refractivity contribution in [3.8, 4) is 0 Å². The highest BCUT2D eigenvalue weighted by molar-refractivity contribution is 7.33. The molecule has 74 valence electrons. The van der Waals surface area contributed by atoms with Crippen molar-refractivity contribution >= 4 is 28.5 Å². The maximum Gasteiger partial charge on any atom is 0.351 e. The molecule has 0 saturated heterocycles. The lowest BCUT2D eigenvalue weighted by molar-refractivity contribution is -0.0987. The van der Waals surface area contributed by atoms with Gasteiger partial charge in [-0.05, 0) is 42.3 Å². The predicted molar refractivity (Wildman–Crippen MR) is 60.4 cm³/mol. The molecule has 0 N–H and O–H groups in total. The quantitative estimate of drug-likeness (QED) is 0.615. The Morgan fingerprint density at radius 1 is 1.31 bits per heavy atom. The van der Waals surface area contributed by atoms with Gasteiger partial charge in [-0.25, -0.2) is 0 Å². The van der Waals surface area contributed by atoms with Crippen LogP contribution < -0.4 is 0 Å².